The largest absolute Gasteiger partial charge is 0.252 e. The van der Waals surface area contributed by atoms with E-state index in [1.807, 2.05) is 31.2 Å². The molecule has 0 saturated heterocycles. The molecule has 3 rings (SSSR count). The molecule has 0 amide bonds. The van der Waals surface area contributed by atoms with Crippen LogP contribution in [0.1, 0.15) is 12.5 Å². The molecule has 0 aliphatic rings. The van der Waals surface area contributed by atoms with Crippen LogP contribution in [0.4, 0.5) is 5.13 Å². The van der Waals surface area contributed by atoms with Gasteiger partial charge in [-0.05, 0) is 25.1 Å². The van der Waals surface area contributed by atoms with Crippen LogP contribution in [0.5, 0.6) is 0 Å². The van der Waals surface area contributed by atoms with Gasteiger partial charge in [0.2, 0.25) is 5.13 Å². The van der Waals surface area contributed by atoms with Crippen LogP contribution in [0.25, 0.3) is 10.2 Å². The molecule has 0 radical (unpaired) electrons. The summed E-state index contributed by atoms with van der Waals surface area (Å²) in [5.41, 5.74) is 5.32. The van der Waals surface area contributed by atoms with Gasteiger partial charge < -0.3 is 0 Å². The Morgan fingerprint density at radius 1 is 1.09 bits per heavy atom. The summed E-state index contributed by atoms with van der Waals surface area (Å²) < 4.78 is 1.10. The molecule has 0 spiro atoms. The highest BCUT2D eigenvalue weighted by molar-refractivity contribution is 7.22. The van der Waals surface area contributed by atoms with Gasteiger partial charge in [0.15, 0.2) is 0 Å². The Kier molecular flexibility index (Phi) is 4.54. The van der Waals surface area contributed by atoms with Crippen molar-refractivity contribution in [2.24, 2.45) is 5.10 Å². The smallest absolute Gasteiger partial charge is 0.204 e. The van der Waals surface area contributed by atoms with Gasteiger partial charge in [0.05, 0.1) is 31.0 Å². The normalized spacial score (nSPS) is 11.9. The second-order valence-electron chi connectivity index (χ2n) is 4.52. The predicted molar refractivity (Wildman–Crippen MR) is 96.9 cm³/mol. The van der Waals surface area contributed by atoms with E-state index in [4.69, 9.17) is 34.8 Å². The molecular formula is C15H10Cl3N3S. The Morgan fingerprint density at radius 2 is 1.86 bits per heavy atom. The summed E-state index contributed by atoms with van der Waals surface area (Å²) in [4.78, 5) is 4.45. The first-order valence-corrected chi connectivity index (χ1v) is 8.31. The first-order valence-electron chi connectivity index (χ1n) is 6.36. The number of nitrogens with zero attached hydrogens (tertiary/aromatic N) is 2. The number of aromatic nitrogens is 1. The van der Waals surface area contributed by atoms with E-state index in [-0.39, 0.29) is 0 Å². The summed E-state index contributed by atoms with van der Waals surface area (Å²) in [5.74, 6) is 0. The number of fused-ring (bicyclic) bond motifs is 1. The number of hydrazone groups is 1. The molecule has 0 saturated carbocycles. The topological polar surface area (TPSA) is 37.3 Å². The summed E-state index contributed by atoms with van der Waals surface area (Å²) in [6.45, 7) is 1.84. The third-order valence-electron chi connectivity index (χ3n) is 3.04. The maximum absolute atomic E-state index is 6.20. The van der Waals surface area contributed by atoms with Crippen molar-refractivity contribution in [3.63, 3.8) is 0 Å². The molecule has 3 nitrogen and oxygen atoms in total. The van der Waals surface area contributed by atoms with Gasteiger partial charge >= 0.3 is 0 Å². The van der Waals surface area contributed by atoms with Crippen molar-refractivity contribution in [1.29, 1.82) is 0 Å². The Balaban J connectivity index is 1.87. The summed E-state index contributed by atoms with van der Waals surface area (Å²) >= 11 is 19.7. The number of thiazole rings is 1. The quantitative estimate of drug-likeness (QED) is 0.344. The van der Waals surface area contributed by atoms with Gasteiger partial charge in [0.25, 0.3) is 0 Å². The molecule has 22 heavy (non-hydrogen) atoms. The maximum atomic E-state index is 6.20. The highest BCUT2D eigenvalue weighted by atomic mass is 35.5. The SMILES string of the molecule is C/C(=N/Nc1nc2ccccc2s1)c1ccc(Cl)c(Cl)c1Cl. The number of hydrogen-bond acceptors (Lipinski definition) is 4. The molecule has 0 aliphatic carbocycles. The maximum Gasteiger partial charge on any atom is 0.204 e. The highest BCUT2D eigenvalue weighted by Gasteiger charge is 2.11. The number of anilines is 1. The van der Waals surface area contributed by atoms with Gasteiger partial charge in [0.1, 0.15) is 0 Å². The molecule has 3 aromatic rings. The fourth-order valence-corrected chi connectivity index (χ4v) is 3.40. The van der Waals surface area contributed by atoms with Crippen LogP contribution in [0, 0.1) is 0 Å². The van der Waals surface area contributed by atoms with Crippen LogP contribution in [0.2, 0.25) is 15.1 Å². The number of benzene rings is 2. The summed E-state index contributed by atoms with van der Waals surface area (Å²) in [6.07, 6.45) is 0. The number of halogens is 3. The Hall–Kier alpha value is -1.33. The monoisotopic (exact) mass is 369 g/mol. The van der Waals surface area contributed by atoms with Crippen LogP contribution >= 0.6 is 46.1 Å². The number of hydrogen-bond donors (Lipinski definition) is 1. The van der Waals surface area contributed by atoms with Gasteiger partial charge in [-0.25, -0.2) is 4.98 Å². The molecule has 2 aromatic carbocycles. The molecule has 1 aromatic heterocycles. The molecule has 0 bridgehead atoms. The fourth-order valence-electron chi connectivity index (χ4n) is 1.92. The molecule has 7 heteroatoms. The van der Waals surface area contributed by atoms with Crippen molar-refractivity contribution in [3.8, 4) is 0 Å². The standard InChI is InChI=1S/C15H10Cl3N3S/c1-8(9-6-7-10(16)14(18)13(9)17)20-21-15-19-11-4-2-3-5-12(11)22-15/h2-7H,1H3,(H,19,21)/b20-8-. The van der Waals surface area contributed by atoms with Crippen LogP contribution in [0.15, 0.2) is 41.5 Å². The summed E-state index contributed by atoms with van der Waals surface area (Å²) in [5, 5.41) is 6.18. The average molecular weight is 371 g/mol. The van der Waals surface area contributed by atoms with E-state index in [9.17, 15) is 0 Å². The molecule has 0 fully saturated rings. The molecule has 0 aliphatic heterocycles. The van der Waals surface area contributed by atoms with Gasteiger partial charge in [-0.15, -0.1) is 0 Å². The van der Waals surface area contributed by atoms with Crippen LogP contribution in [0.3, 0.4) is 0 Å². The van der Waals surface area contributed by atoms with Crippen molar-refractivity contribution in [2.75, 3.05) is 5.43 Å². The predicted octanol–water partition coefficient (Wildman–Crippen LogP) is 6.09. The van der Waals surface area contributed by atoms with E-state index in [1.54, 1.807) is 12.1 Å². The lowest BCUT2D eigenvalue weighted by atomic mass is 10.1. The first-order chi connectivity index (χ1) is 10.6. The molecule has 0 unspecified atom stereocenters. The molecular weight excluding hydrogens is 361 g/mol. The second kappa shape index (κ2) is 6.42. The zero-order valence-electron chi connectivity index (χ0n) is 11.4. The fraction of sp³-hybridized carbons (Fsp3) is 0.0667. The summed E-state index contributed by atoms with van der Waals surface area (Å²) in [6, 6.07) is 11.4. The third kappa shape index (κ3) is 3.06. The van der Waals surface area contributed by atoms with E-state index in [0.29, 0.717) is 20.8 Å². The van der Waals surface area contributed by atoms with E-state index >= 15 is 0 Å². The molecule has 112 valence electrons. The van der Waals surface area contributed by atoms with E-state index in [0.717, 1.165) is 20.9 Å². The van der Waals surface area contributed by atoms with Crippen molar-refractivity contribution < 1.29 is 0 Å². The lowest BCUT2D eigenvalue weighted by Gasteiger charge is -2.06. The van der Waals surface area contributed by atoms with Crippen molar-refractivity contribution in [3.05, 3.63) is 57.0 Å². The third-order valence-corrected chi connectivity index (χ3v) is 5.27. The number of rotatable bonds is 3. The van der Waals surface area contributed by atoms with Gasteiger partial charge in [-0.1, -0.05) is 64.3 Å². The van der Waals surface area contributed by atoms with Crippen molar-refractivity contribution in [2.45, 2.75) is 6.92 Å². The van der Waals surface area contributed by atoms with Crippen molar-refractivity contribution >= 4 is 67.2 Å². The highest BCUT2D eigenvalue weighted by Crippen LogP contribution is 2.33. The van der Waals surface area contributed by atoms with Crippen LogP contribution in [-0.4, -0.2) is 10.7 Å². The van der Waals surface area contributed by atoms with Gasteiger partial charge in [-0.2, -0.15) is 5.10 Å². The van der Waals surface area contributed by atoms with E-state index in [1.165, 1.54) is 11.3 Å². The lowest BCUT2D eigenvalue weighted by Crippen LogP contribution is -2.00. The minimum atomic E-state index is 0.329. The second-order valence-corrected chi connectivity index (χ2v) is 6.71. The minimum Gasteiger partial charge on any atom is -0.252 e. The molecule has 1 N–H and O–H groups in total. The summed E-state index contributed by atoms with van der Waals surface area (Å²) in [7, 11) is 0. The Bertz CT molecular complexity index is 841. The van der Waals surface area contributed by atoms with Crippen LogP contribution in [-0.2, 0) is 0 Å². The van der Waals surface area contributed by atoms with E-state index < -0.39 is 0 Å². The average Bonchev–Trinajstić information content (AvgIpc) is 2.93. The zero-order valence-corrected chi connectivity index (χ0v) is 14.5. The zero-order chi connectivity index (χ0) is 15.7. The Labute approximate surface area is 146 Å². The molecule has 1 heterocycles. The lowest BCUT2D eigenvalue weighted by molar-refractivity contribution is 1.29. The minimum absolute atomic E-state index is 0.329. The van der Waals surface area contributed by atoms with Crippen molar-refractivity contribution in [1.82, 2.24) is 4.98 Å². The van der Waals surface area contributed by atoms with Gasteiger partial charge in [-0.3, -0.25) is 5.43 Å². The molecule has 0 atom stereocenters. The first kappa shape index (κ1) is 15.6. The van der Waals surface area contributed by atoms with E-state index in [2.05, 4.69) is 15.5 Å². The number of nitrogens with one attached hydrogen (secondary N) is 1. The van der Waals surface area contributed by atoms with Gasteiger partial charge in [0, 0.05) is 5.56 Å². The van der Waals surface area contributed by atoms with Crippen LogP contribution < -0.4 is 5.43 Å². The Morgan fingerprint density at radius 3 is 2.64 bits per heavy atom. The number of para-hydroxylation sites is 1.